The summed E-state index contributed by atoms with van der Waals surface area (Å²) in [4.78, 5) is 13.7. The largest absolute Gasteiger partial charge is 0.344 e. The molecule has 1 aromatic heterocycles. The topological polar surface area (TPSA) is 107 Å². The Morgan fingerprint density at radius 2 is 1.70 bits per heavy atom. The molecule has 2 atom stereocenters. The monoisotopic (exact) mass is 668 g/mol. The maximum Gasteiger partial charge on any atom is 0.272 e. The van der Waals surface area contributed by atoms with Gasteiger partial charge in [-0.1, -0.05) is 83.6 Å². The highest BCUT2D eigenvalue weighted by Gasteiger charge is 2.31. The average Bonchev–Trinajstić information content (AvgIpc) is 3.23. The summed E-state index contributed by atoms with van der Waals surface area (Å²) in [6.45, 7) is 1.97. The van der Waals surface area contributed by atoms with Crippen molar-refractivity contribution >= 4 is 38.5 Å². The van der Waals surface area contributed by atoms with Gasteiger partial charge in [0.05, 0.1) is 22.3 Å². The summed E-state index contributed by atoms with van der Waals surface area (Å²) in [6.07, 6.45) is 4.59. The van der Waals surface area contributed by atoms with Crippen molar-refractivity contribution in [2.24, 2.45) is 5.14 Å². The van der Waals surface area contributed by atoms with Crippen LogP contribution in [0.4, 0.5) is 0 Å². The highest BCUT2D eigenvalue weighted by molar-refractivity contribution is 14.1. The summed E-state index contributed by atoms with van der Waals surface area (Å²) in [7, 11) is -3.82. The fourth-order valence-corrected chi connectivity index (χ4v) is 6.48. The molecule has 40 heavy (non-hydrogen) atoms. The first-order valence-corrected chi connectivity index (χ1v) is 16.6. The Morgan fingerprint density at radius 3 is 2.35 bits per heavy atom. The highest BCUT2D eigenvalue weighted by atomic mass is 127. The van der Waals surface area contributed by atoms with Crippen molar-refractivity contribution in [2.75, 3.05) is 0 Å². The van der Waals surface area contributed by atoms with Crippen molar-refractivity contribution in [3.8, 4) is 5.69 Å². The van der Waals surface area contributed by atoms with Gasteiger partial charge in [0.25, 0.3) is 5.91 Å². The van der Waals surface area contributed by atoms with E-state index in [-0.39, 0.29) is 22.8 Å². The number of sulfonamides is 1. The SMILES string of the molecule is C[C@@H](NC(=O)c1nn(-c2ccc(S(N)(=O)=O)cc2)c2c1CCCCC2Cc1ccc(CI)cc1)c1ccccc1. The Balaban J connectivity index is 1.57. The molecule has 1 unspecified atom stereocenters. The van der Waals surface area contributed by atoms with Crippen LogP contribution < -0.4 is 10.5 Å². The lowest BCUT2D eigenvalue weighted by atomic mass is 9.90. The van der Waals surface area contributed by atoms with Crippen molar-refractivity contribution in [1.82, 2.24) is 15.1 Å². The molecule has 4 aromatic rings. The molecule has 7 nitrogen and oxygen atoms in total. The van der Waals surface area contributed by atoms with Gasteiger partial charge in [0.2, 0.25) is 10.0 Å². The van der Waals surface area contributed by atoms with Gasteiger partial charge in [0.15, 0.2) is 5.69 Å². The third kappa shape index (κ3) is 6.31. The maximum atomic E-state index is 13.7. The predicted octanol–water partition coefficient (Wildman–Crippen LogP) is 6.00. The second-order valence-corrected chi connectivity index (χ2v) is 12.7. The number of carbonyl (C=O) groups excluding carboxylic acids is 1. The lowest BCUT2D eigenvalue weighted by Gasteiger charge is -2.19. The number of amides is 1. The summed E-state index contributed by atoms with van der Waals surface area (Å²) in [5, 5.41) is 13.4. The quantitative estimate of drug-likeness (QED) is 0.137. The number of primary sulfonamides is 1. The van der Waals surface area contributed by atoms with Crippen molar-refractivity contribution in [3.05, 3.63) is 113 Å². The number of hydrogen-bond acceptors (Lipinski definition) is 4. The molecule has 1 aliphatic carbocycles. The number of aromatic nitrogens is 2. The van der Waals surface area contributed by atoms with Gasteiger partial charge in [-0.15, -0.1) is 0 Å². The van der Waals surface area contributed by atoms with Crippen LogP contribution in [0, 0.1) is 0 Å². The zero-order valence-electron chi connectivity index (χ0n) is 22.4. The minimum atomic E-state index is -3.82. The molecule has 5 rings (SSSR count). The predicted molar refractivity (Wildman–Crippen MR) is 165 cm³/mol. The van der Waals surface area contributed by atoms with Crippen molar-refractivity contribution in [2.45, 2.75) is 60.3 Å². The van der Waals surface area contributed by atoms with E-state index in [1.165, 1.54) is 23.3 Å². The molecule has 3 aromatic carbocycles. The van der Waals surface area contributed by atoms with E-state index in [1.807, 2.05) is 41.9 Å². The van der Waals surface area contributed by atoms with Crippen LogP contribution in [-0.4, -0.2) is 24.1 Å². The van der Waals surface area contributed by atoms with Crippen LogP contribution in [0.1, 0.15) is 76.6 Å². The summed E-state index contributed by atoms with van der Waals surface area (Å²) in [6, 6.07) is 24.8. The van der Waals surface area contributed by atoms with Crippen molar-refractivity contribution in [1.29, 1.82) is 0 Å². The Labute approximate surface area is 249 Å². The molecule has 3 N–H and O–H groups in total. The number of fused-ring (bicyclic) bond motifs is 1. The van der Waals surface area contributed by atoms with Crippen LogP contribution in [-0.2, 0) is 27.3 Å². The van der Waals surface area contributed by atoms with E-state index in [4.69, 9.17) is 10.2 Å². The number of benzene rings is 3. The molecule has 0 radical (unpaired) electrons. The van der Waals surface area contributed by atoms with Crippen molar-refractivity contribution < 1.29 is 13.2 Å². The van der Waals surface area contributed by atoms with Gasteiger partial charge in [-0.3, -0.25) is 4.79 Å². The fourth-order valence-electron chi connectivity index (χ4n) is 5.45. The Morgan fingerprint density at radius 1 is 1.02 bits per heavy atom. The molecule has 1 amide bonds. The van der Waals surface area contributed by atoms with Gasteiger partial charge >= 0.3 is 0 Å². The van der Waals surface area contributed by atoms with E-state index >= 15 is 0 Å². The molecular formula is C31H33IN4O3S. The number of halogens is 1. The number of hydrogen-bond donors (Lipinski definition) is 2. The van der Waals surface area contributed by atoms with Gasteiger partial charge in [0.1, 0.15) is 0 Å². The van der Waals surface area contributed by atoms with E-state index in [2.05, 4.69) is 52.2 Å². The zero-order chi connectivity index (χ0) is 28.3. The number of alkyl halides is 1. The van der Waals surface area contributed by atoms with Gasteiger partial charge in [-0.25, -0.2) is 18.2 Å². The lowest BCUT2D eigenvalue weighted by molar-refractivity contribution is 0.0933. The first-order valence-electron chi connectivity index (χ1n) is 13.5. The third-order valence-electron chi connectivity index (χ3n) is 7.57. The van der Waals surface area contributed by atoms with Gasteiger partial charge in [-0.2, -0.15) is 5.10 Å². The molecule has 0 bridgehead atoms. The second-order valence-electron chi connectivity index (χ2n) is 10.4. The second kappa shape index (κ2) is 12.2. The standard InChI is InChI=1S/C31H33IN4O3S/c1-21(24-7-3-2-4-8-24)34-31(37)29-28-10-6-5-9-25(19-22-11-13-23(20-32)14-12-22)30(28)36(35-29)26-15-17-27(18-16-26)40(33,38)39/h2-4,7-8,11-18,21,25H,5-6,9-10,19-20H2,1H3,(H,34,37)(H2,33,38,39)/t21-,25?/m1/s1. The van der Waals surface area contributed by atoms with Crippen molar-refractivity contribution in [3.63, 3.8) is 0 Å². The van der Waals surface area contributed by atoms with E-state index < -0.39 is 10.0 Å². The summed E-state index contributed by atoms with van der Waals surface area (Å²) in [5.41, 5.74) is 6.68. The minimum Gasteiger partial charge on any atom is -0.344 e. The van der Waals surface area contributed by atoms with Crippen LogP contribution in [0.3, 0.4) is 0 Å². The van der Waals surface area contributed by atoms with Crippen LogP contribution in [0.2, 0.25) is 0 Å². The van der Waals surface area contributed by atoms with Crippen LogP contribution >= 0.6 is 22.6 Å². The third-order valence-corrected chi connectivity index (χ3v) is 9.38. The van der Waals surface area contributed by atoms with Gasteiger partial charge < -0.3 is 5.32 Å². The Hall–Kier alpha value is -3.02. The number of nitrogens with one attached hydrogen (secondary N) is 1. The number of nitrogens with zero attached hydrogens (tertiary/aromatic N) is 2. The summed E-state index contributed by atoms with van der Waals surface area (Å²) in [5.74, 6) is -0.0546. The van der Waals surface area contributed by atoms with Crippen LogP contribution in [0.15, 0.2) is 83.8 Å². The zero-order valence-corrected chi connectivity index (χ0v) is 25.4. The molecule has 1 aliphatic rings. The maximum absolute atomic E-state index is 13.7. The van der Waals surface area contributed by atoms with Crippen LogP contribution in [0.25, 0.3) is 5.69 Å². The van der Waals surface area contributed by atoms with E-state index in [0.717, 1.165) is 53.4 Å². The number of carbonyl (C=O) groups is 1. The molecule has 0 aliphatic heterocycles. The Bertz CT molecular complexity index is 1580. The molecule has 0 saturated heterocycles. The van der Waals surface area contributed by atoms with Crippen LogP contribution in [0.5, 0.6) is 0 Å². The molecular weight excluding hydrogens is 635 g/mol. The summed E-state index contributed by atoms with van der Waals surface area (Å²) < 4.78 is 26.6. The normalized spacial score (nSPS) is 16.1. The van der Waals surface area contributed by atoms with E-state index in [1.54, 1.807) is 12.1 Å². The van der Waals surface area contributed by atoms with E-state index in [9.17, 15) is 13.2 Å². The molecule has 0 saturated carbocycles. The average molecular weight is 669 g/mol. The minimum absolute atomic E-state index is 0.0380. The molecule has 0 fully saturated rings. The first-order chi connectivity index (χ1) is 19.2. The fraction of sp³-hybridized carbons (Fsp3) is 0.290. The Kier molecular flexibility index (Phi) is 8.72. The van der Waals surface area contributed by atoms with E-state index in [0.29, 0.717) is 11.4 Å². The first kappa shape index (κ1) is 28.5. The highest BCUT2D eigenvalue weighted by Crippen LogP contribution is 2.37. The van der Waals surface area contributed by atoms with Gasteiger partial charge in [-0.05, 0) is 73.6 Å². The molecule has 9 heteroatoms. The lowest BCUT2D eigenvalue weighted by Crippen LogP contribution is -2.28. The van der Waals surface area contributed by atoms with Gasteiger partial charge in [0, 0.05) is 15.9 Å². The smallest absolute Gasteiger partial charge is 0.272 e. The number of rotatable bonds is 8. The molecule has 208 valence electrons. The summed E-state index contributed by atoms with van der Waals surface area (Å²) >= 11 is 2.37. The molecule has 1 heterocycles. The molecule has 0 spiro atoms. The number of nitrogens with two attached hydrogens (primary N) is 1.